The molecule has 0 fully saturated rings. The molecular formula is C10H10F2O3. The summed E-state index contributed by atoms with van der Waals surface area (Å²) < 4.78 is 25.6. The zero-order chi connectivity index (χ0) is 11.5. The van der Waals surface area contributed by atoms with Crippen molar-refractivity contribution in [2.24, 2.45) is 0 Å². The lowest BCUT2D eigenvalue weighted by Gasteiger charge is -2.18. The lowest BCUT2D eigenvalue weighted by molar-refractivity contribution is -0.181. The Hall–Kier alpha value is -1.49. The van der Waals surface area contributed by atoms with E-state index in [1.165, 1.54) is 0 Å². The van der Waals surface area contributed by atoms with Gasteiger partial charge < -0.3 is 10.2 Å². The van der Waals surface area contributed by atoms with Crippen molar-refractivity contribution >= 4 is 5.97 Å². The predicted octanol–water partition coefficient (Wildman–Crippen LogP) is 1.31. The molecule has 1 rings (SSSR count). The monoisotopic (exact) mass is 216 g/mol. The van der Waals surface area contributed by atoms with Crippen molar-refractivity contribution in [3.8, 4) is 0 Å². The van der Waals surface area contributed by atoms with E-state index in [9.17, 15) is 13.6 Å². The largest absolute Gasteiger partial charge is 0.477 e. The third kappa shape index (κ3) is 2.73. The molecule has 5 heteroatoms. The topological polar surface area (TPSA) is 57.5 Å². The molecular weight excluding hydrogens is 206 g/mol. The third-order valence-corrected chi connectivity index (χ3v) is 1.98. The van der Waals surface area contributed by atoms with Crippen LogP contribution in [0.4, 0.5) is 8.78 Å². The number of benzene rings is 1. The summed E-state index contributed by atoms with van der Waals surface area (Å²) in [6.07, 6.45) is -2.60. The Morgan fingerprint density at radius 2 is 1.87 bits per heavy atom. The summed E-state index contributed by atoms with van der Waals surface area (Å²) in [6, 6.07) is 8.04. The van der Waals surface area contributed by atoms with Crippen molar-refractivity contribution in [2.45, 2.75) is 18.4 Å². The highest BCUT2D eigenvalue weighted by Gasteiger charge is 2.46. The zero-order valence-electron chi connectivity index (χ0n) is 7.73. The predicted molar refractivity (Wildman–Crippen MR) is 48.7 cm³/mol. The standard InChI is InChI=1S/C10H10F2O3/c11-10(12,9(14)15)8(13)6-7-4-2-1-3-5-7/h1-5,8,13H,6H2,(H,14,15). The van der Waals surface area contributed by atoms with E-state index in [-0.39, 0.29) is 6.42 Å². The summed E-state index contributed by atoms with van der Waals surface area (Å²) in [5.41, 5.74) is 0.464. The van der Waals surface area contributed by atoms with Crippen LogP contribution in [0.15, 0.2) is 30.3 Å². The molecule has 0 saturated heterocycles. The van der Waals surface area contributed by atoms with Gasteiger partial charge in [0.25, 0.3) is 0 Å². The third-order valence-electron chi connectivity index (χ3n) is 1.98. The van der Waals surface area contributed by atoms with Gasteiger partial charge in [0.15, 0.2) is 0 Å². The molecule has 1 unspecified atom stereocenters. The highest BCUT2D eigenvalue weighted by molar-refractivity contribution is 5.76. The van der Waals surface area contributed by atoms with E-state index in [2.05, 4.69) is 0 Å². The minimum atomic E-state index is -4.12. The van der Waals surface area contributed by atoms with Gasteiger partial charge in [-0.05, 0) is 5.56 Å². The molecule has 1 aromatic carbocycles. The van der Waals surface area contributed by atoms with Crippen LogP contribution in [0.5, 0.6) is 0 Å². The van der Waals surface area contributed by atoms with Gasteiger partial charge in [-0.25, -0.2) is 4.79 Å². The molecule has 1 atom stereocenters. The number of rotatable bonds is 4. The van der Waals surface area contributed by atoms with Crippen LogP contribution in [0.25, 0.3) is 0 Å². The number of hydrogen-bond donors (Lipinski definition) is 2. The second kappa shape index (κ2) is 4.35. The second-order valence-corrected chi connectivity index (χ2v) is 3.13. The van der Waals surface area contributed by atoms with Crippen molar-refractivity contribution in [1.29, 1.82) is 0 Å². The number of alkyl halides is 2. The fourth-order valence-corrected chi connectivity index (χ4v) is 1.11. The summed E-state index contributed by atoms with van der Waals surface area (Å²) >= 11 is 0. The van der Waals surface area contributed by atoms with E-state index < -0.39 is 18.0 Å². The molecule has 0 saturated carbocycles. The highest BCUT2D eigenvalue weighted by Crippen LogP contribution is 2.21. The van der Waals surface area contributed by atoms with Gasteiger partial charge in [0.2, 0.25) is 0 Å². The van der Waals surface area contributed by atoms with Gasteiger partial charge in [-0.15, -0.1) is 0 Å². The van der Waals surface area contributed by atoms with Gasteiger partial charge in [-0.1, -0.05) is 30.3 Å². The fourth-order valence-electron chi connectivity index (χ4n) is 1.11. The van der Waals surface area contributed by atoms with E-state index in [0.29, 0.717) is 5.56 Å². The van der Waals surface area contributed by atoms with E-state index in [1.807, 2.05) is 0 Å². The second-order valence-electron chi connectivity index (χ2n) is 3.13. The van der Waals surface area contributed by atoms with Crippen LogP contribution in [0.1, 0.15) is 5.56 Å². The van der Waals surface area contributed by atoms with Crippen LogP contribution in [0, 0.1) is 0 Å². The number of hydrogen-bond acceptors (Lipinski definition) is 2. The minimum absolute atomic E-state index is 0.389. The van der Waals surface area contributed by atoms with E-state index in [0.717, 1.165) is 0 Å². The molecule has 0 heterocycles. The Morgan fingerprint density at radius 1 is 1.33 bits per heavy atom. The summed E-state index contributed by atoms with van der Waals surface area (Å²) in [5.74, 6) is -6.43. The van der Waals surface area contributed by atoms with Crippen LogP contribution in [0.3, 0.4) is 0 Å². The van der Waals surface area contributed by atoms with Gasteiger partial charge in [0.05, 0.1) is 0 Å². The van der Waals surface area contributed by atoms with Crippen molar-refractivity contribution in [2.75, 3.05) is 0 Å². The highest BCUT2D eigenvalue weighted by atomic mass is 19.3. The molecule has 0 aliphatic rings. The van der Waals surface area contributed by atoms with Crippen LogP contribution >= 0.6 is 0 Å². The first-order valence-electron chi connectivity index (χ1n) is 4.28. The van der Waals surface area contributed by atoms with Crippen molar-refractivity contribution in [1.82, 2.24) is 0 Å². The number of carboxylic acid groups (broad SMARTS) is 1. The van der Waals surface area contributed by atoms with Crippen molar-refractivity contribution in [3.05, 3.63) is 35.9 Å². The van der Waals surface area contributed by atoms with E-state index in [4.69, 9.17) is 10.2 Å². The molecule has 0 bridgehead atoms. The molecule has 0 aliphatic carbocycles. The van der Waals surface area contributed by atoms with Gasteiger partial charge in [-0.3, -0.25) is 0 Å². The Kier molecular flexibility index (Phi) is 3.36. The number of aliphatic hydroxyl groups excluding tert-OH is 1. The van der Waals surface area contributed by atoms with Crippen LogP contribution in [0.2, 0.25) is 0 Å². The lowest BCUT2D eigenvalue weighted by atomic mass is 10.0. The minimum Gasteiger partial charge on any atom is -0.477 e. The molecule has 15 heavy (non-hydrogen) atoms. The van der Waals surface area contributed by atoms with Crippen LogP contribution in [-0.2, 0) is 11.2 Å². The maximum absolute atomic E-state index is 12.8. The normalized spacial score (nSPS) is 13.5. The van der Waals surface area contributed by atoms with Gasteiger partial charge in [0, 0.05) is 6.42 Å². The molecule has 1 aromatic rings. The molecule has 3 nitrogen and oxygen atoms in total. The number of aliphatic hydroxyl groups is 1. The number of carbonyl (C=O) groups is 1. The summed E-state index contributed by atoms with van der Waals surface area (Å²) in [6.45, 7) is 0. The summed E-state index contributed by atoms with van der Waals surface area (Å²) in [5, 5.41) is 17.2. The maximum Gasteiger partial charge on any atom is 0.377 e. The maximum atomic E-state index is 12.8. The molecule has 0 radical (unpaired) electrons. The first-order chi connectivity index (χ1) is 6.94. The fraction of sp³-hybridized carbons (Fsp3) is 0.300. The Bertz CT molecular complexity index is 338. The summed E-state index contributed by atoms with van der Waals surface area (Å²) in [7, 11) is 0. The first kappa shape index (κ1) is 11.6. The van der Waals surface area contributed by atoms with Gasteiger partial charge in [0.1, 0.15) is 6.10 Å². The van der Waals surface area contributed by atoms with E-state index in [1.54, 1.807) is 30.3 Å². The van der Waals surface area contributed by atoms with Crippen LogP contribution in [-0.4, -0.2) is 28.2 Å². The molecule has 0 spiro atoms. The Labute approximate surface area is 85.0 Å². The Balaban J connectivity index is 2.72. The lowest BCUT2D eigenvalue weighted by Crippen LogP contribution is -2.42. The van der Waals surface area contributed by atoms with E-state index >= 15 is 0 Å². The molecule has 0 aliphatic heterocycles. The average Bonchev–Trinajstić information content (AvgIpc) is 2.18. The quantitative estimate of drug-likeness (QED) is 0.797. The molecule has 82 valence electrons. The summed E-state index contributed by atoms with van der Waals surface area (Å²) in [4.78, 5) is 10.1. The van der Waals surface area contributed by atoms with Gasteiger partial charge in [-0.2, -0.15) is 8.78 Å². The molecule has 0 aromatic heterocycles. The molecule has 2 N–H and O–H groups in total. The number of carboxylic acids is 1. The number of halogens is 2. The average molecular weight is 216 g/mol. The van der Waals surface area contributed by atoms with Crippen molar-refractivity contribution < 1.29 is 23.8 Å². The van der Waals surface area contributed by atoms with Crippen molar-refractivity contribution in [3.63, 3.8) is 0 Å². The zero-order valence-corrected chi connectivity index (χ0v) is 7.73. The smallest absolute Gasteiger partial charge is 0.377 e. The van der Waals surface area contributed by atoms with Crippen LogP contribution < -0.4 is 0 Å². The molecule has 0 amide bonds. The van der Waals surface area contributed by atoms with Gasteiger partial charge >= 0.3 is 11.9 Å². The Morgan fingerprint density at radius 3 is 2.33 bits per heavy atom. The number of aliphatic carboxylic acids is 1. The SMILES string of the molecule is O=C(O)C(F)(F)C(O)Cc1ccccc1. The first-order valence-corrected chi connectivity index (χ1v) is 4.28.